The maximum Gasteiger partial charge on any atom is 0.306 e. The van der Waals surface area contributed by atoms with Crippen LogP contribution < -0.4 is 4.89 Å². The average molecular weight is 892 g/mol. The van der Waals surface area contributed by atoms with Crippen molar-refractivity contribution < 1.29 is 37.3 Å². The molecule has 0 fully saturated rings. The molecule has 0 aliphatic rings. The molecule has 0 bridgehead atoms. The summed E-state index contributed by atoms with van der Waals surface area (Å²) in [4.78, 5) is 25.1. The summed E-state index contributed by atoms with van der Waals surface area (Å²) in [7, 11) is 1.26. The quantitative estimate of drug-likeness (QED) is 0.0198. The van der Waals surface area contributed by atoms with Gasteiger partial charge in [-0.2, -0.15) is 0 Å². The predicted molar refractivity (Wildman–Crippen MR) is 267 cm³/mol. The molecule has 0 spiro atoms. The van der Waals surface area contributed by atoms with Crippen LogP contribution in [-0.4, -0.2) is 70.7 Å². The molecular weight excluding hydrogens is 806 g/mol. The van der Waals surface area contributed by atoms with Crippen LogP contribution in [0.1, 0.15) is 129 Å². The summed E-state index contributed by atoms with van der Waals surface area (Å²) in [6, 6.07) is 0. The number of hydrogen-bond donors (Lipinski definition) is 0. The van der Waals surface area contributed by atoms with Gasteiger partial charge < -0.3 is 27.9 Å². The van der Waals surface area contributed by atoms with Gasteiger partial charge in [0.25, 0.3) is 7.82 Å². The Morgan fingerprint density at radius 1 is 0.492 bits per heavy atom. The van der Waals surface area contributed by atoms with Crippen molar-refractivity contribution >= 4 is 13.8 Å². The molecule has 0 N–H and O–H groups in total. The largest absolute Gasteiger partial charge is 0.756 e. The number of phosphoric acid groups is 1. The van der Waals surface area contributed by atoms with Crippen molar-refractivity contribution in [1.82, 2.24) is 0 Å². The van der Waals surface area contributed by atoms with Gasteiger partial charge in [-0.25, -0.2) is 0 Å². The molecule has 0 aliphatic heterocycles. The van der Waals surface area contributed by atoms with E-state index in [2.05, 4.69) is 160 Å². The molecule has 0 heterocycles. The average Bonchev–Trinajstić information content (AvgIpc) is 3.24. The molecule has 9 heteroatoms. The van der Waals surface area contributed by atoms with E-state index in [0.29, 0.717) is 24.1 Å². The predicted octanol–water partition coefficient (Wildman–Crippen LogP) is 13.9. The number of allylic oxidation sites excluding steroid dienone is 24. The number of phosphoric ester groups is 1. The van der Waals surface area contributed by atoms with E-state index >= 15 is 0 Å². The Balaban J connectivity index is 4.42. The minimum atomic E-state index is -4.57. The molecule has 2 atom stereocenters. The van der Waals surface area contributed by atoms with Crippen molar-refractivity contribution in [3.05, 3.63) is 146 Å². The first kappa shape index (κ1) is 59.4. The van der Waals surface area contributed by atoms with Crippen LogP contribution in [0.25, 0.3) is 0 Å². The minimum Gasteiger partial charge on any atom is -0.756 e. The van der Waals surface area contributed by atoms with Crippen molar-refractivity contribution in [2.24, 2.45) is 0 Å². The standard InChI is InChI=1S/C54H86NO7P/c1-6-8-10-12-14-16-18-20-22-24-25-26-27-28-29-30-32-34-36-38-40-42-44-46-49-59-51-53(52-61-63(57,58)60-50-48-55(3,4)5)62-54(56)47-45-43-41-39-37-35-33-31-23-21-19-17-15-13-11-9-7-2/h8-11,14-17,20-23,25-26,28-29,32-35,38-41,53H,6-7,12-13,18-19,24,27,30-31,36-37,42-52H2,1-5H3/b10-8-,11-9-,16-14-,17-15-,22-20-,23-21-,26-25-,29-28-,34-32-,35-33-,40-38-,41-39-. The molecule has 63 heavy (non-hydrogen) atoms. The third-order valence-electron chi connectivity index (χ3n) is 8.89. The van der Waals surface area contributed by atoms with Gasteiger partial charge in [-0.05, 0) is 109 Å². The highest BCUT2D eigenvalue weighted by atomic mass is 31.2. The van der Waals surface area contributed by atoms with Crippen molar-refractivity contribution in [3.63, 3.8) is 0 Å². The minimum absolute atomic E-state index is 0.00311. The summed E-state index contributed by atoms with van der Waals surface area (Å²) in [5, 5.41) is 0. The topological polar surface area (TPSA) is 94.1 Å². The molecule has 0 aromatic heterocycles. The van der Waals surface area contributed by atoms with E-state index < -0.39 is 19.9 Å². The van der Waals surface area contributed by atoms with E-state index in [1.807, 2.05) is 21.1 Å². The Morgan fingerprint density at radius 2 is 0.857 bits per heavy atom. The highest BCUT2D eigenvalue weighted by Crippen LogP contribution is 2.38. The van der Waals surface area contributed by atoms with Crippen molar-refractivity contribution in [2.75, 3.05) is 54.1 Å². The number of nitrogens with zero attached hydrogens (tertiary/aromatic N) is 1. The normalized spacial score (nSPS) is 15.0. The monoisotopic (exact) mass is 892 g/mol. The SMILES string of the molecule is CC/C=C\C/C=C\C/C=C\C/C=C\C/C=C\C/C=C\C/C=C\CCCCOCC(COP(=O)([O-])OCC[N+](C)(C)C)OC(=O)CCC/C=C\C/C=C\C/C=C\C/C=C\C/C=C\CC. The van der Waals surface area contributed by atoms with Crippen LogP contribution in [0.15, 0.2) is 146 Å². The first-order valence-corrected chi connectivity index (χ1v) is 25.0. The fourth-order valence-corrected chi connectivity index (χ4v) is 6.05. The highest BCUT2D eigenvalue weighted by Gasteiger charge is 2.20. The lowest BCUT2D eigenvalue weighted by Crippen LogP contribution is -2.37. The van der Waals surface area contributed by atoms with Gasteiger partial charge in [0, 0.05) is 13.0 Å². The van der Waals surface area contributed by atoms with E-state index in [9.17, 15) is 14.3 Å². The Kier molecular flexibility index (Phi) is 42.4. The summed E-state index contributed by atoms with van der Waals surface area (Å²) in [5.41, 5.74) is 0. The fourth-order valence-electron chi connectivity index (χ4n) is 5.32. The zero-order chi connectivity index (χ0) is 46.2. The number of carbonyl (C=O) groups is 1. The van der Waals surface area contributed by atoms with E-state index in [0.717, 1.165) is 103 Å². The van der Waals surface area contributed by atoms with Crippen molar-refractivity contribution in [3.8, 4) is 0 Å². The Labute approximate surface area is 385 Å². The molecule has 8 nitrogen and oxygen atoms in total. The van der Waals surface area contributed by atoms with Gasteiger partial charge in [-0.15, -0.1) is 0 Å². The fraction of sp³-hybridized carbons (Fsp3) is 0.537. The van der Waals surface area contributed by atoms with E-state index in [4.69, 9.17) is 18.5 Å². The van der Waals surface area contributed by atoms with Crippen LogP contribution >= 0.6 is 7.82 Å². The third kappa shape index (κ3) is 49.3. The van der Waals surface area contributed by atoms with Crippen LogP contribution in [0, 0.1) is 0 Å². The molecule has 0 amide bonds. The summed E-state index contributed by atoms with van der Waals surface area (Å²) in [5.74, 6) is -0.414. The van der Waals surface area contributed by atoms with Crippen LogP contribution in [0.4, 0.5) is 0 Å². The lowest BCUT2D eigenvalue weighted by molar-refractivity contribution is -0.870. The lowest BCUT2D eigenvalue weighted by Gasteiger charge is -2.28. The molecule has 0 saturated carbocycles. The maximum atomic E-state index is 12.7. The van der Waals surface area contributed by atoms with E-state index in [-0.39, 0.29) is 26.2 Å². The van der Waals surface area contributed by atoms with Gasteiger partial charge >= 0.3 is 5.97 Å². The second kappa shape index (κ2) is 45.0. The number of quaternary nitrogens is 1. The zero-order valence-electron chi connectivity index (χ0n) is 39.9. The van der Waals surface area contributed by atoms with Crippen LogP contribution in [0.2, 0.25) is 0 Å². The molecule has 2 unspecified atom stereocenters. The molecule has 0 aromatic carbocycles. The Bertz CT molecular complexity index is 1500. The highest BCUT2D eigenvalue weighted by molar-refractivity contribution is 7.45. The summed E-state index contributed by atoms with van der Waals surface area (Å²) >= 11 is 0. The number of hydrogen-bond acceptors (Lipinski definition) is 7. The Hall–Kier alpha value is -3.62. The van der Waals surface area contributed by atoms with Gasteiger partial charge in [-0.3, -0.25) is 9.36 Å². The van der Waals surface area contributed by atoms with E-state index in [1.165, 1.54) is 0 Å². The van der Waals surface area contributed by atoms with Gasteiger partial charge in [0.2, 0.25) is 0 Å². The molecule has 0 aromatic rings. The summed E-state index contributed by atoms with van der Waals surface area (Å²) in [6.07, 6.45) is 67.4. The van der Waals surface area contributed by atoms with Crippen LogP contribution in [0.5, 0.6) is 0 Å². The van der Waals surface area contributed by atoms with Gasteiger partial charge in [0.1, 0.15) is 19.3 Å². The smallest absolute Gasteiger partial charge is 0.306 e. The molecular formula is C54H86NO7P. The van der Waals surface area contributed by atoms with Gasteiger partial charge in [0.05, 0.1) is 34.4 Å². The zero-order valence-corrected chi connectivity index (χ0v) is 40.8. The van der Waals surface area contributed by atoms with E-state index in [1.54, 1.807) is 0 Å². The second-order valence-corrected chi connectivity index (χ2v) is 17.4. The molecule has 0 aliphatic carbocycles. The summed E-state index contributed by atoms with van der Waals surface area (Å²) in [6.45, 7) is 4.93. The van der Waals surface area contributed by atoms with Crippen LogP contribution in [-0.2, 0) is 27.9 Å². The van der Waals surface area contributed by atoms with Crippen molar-refractivity contribution in [1.29, 1.82) is 0 Å². The Morgan fingerprint density at radius 3 is 1.24 bits per heavy atom. The van der Waals surface area contributed by atoms with Crippen molar-refractivity contribution in [2.45, 2.75) is 136 Å². The third-order valence-corrected chi connectivity index (χ3v) is 9.85. The number of rotatable bonds is 41. The number of esters is 1. The molecule has 0 radical (unpaired) electrons. The van der Waals surface area contributed by atoms with Crippen LogP contribution in [0.3, 0.4) is 0 Å². The second-order valence-electron chi connectivity index (χ2n) is 16.0. The number of ether oxygens (including phenoxy) is 2. The number of likely N-dealkylation sites (N-methyl/N-ethyl adjacent to an activating group) is 1. The molecule has 0 rings (SSSR count). The number of carbonyl (C=O) groups excluding carboxylic acids is 1. The van der Waals surface area contributed by atoms with Gasteiger partial charge in [-0.1, -0.05) is 160 Å². The first-order valence-electron chi connectivity index (χ1n) is 23.6. The molecule has 354 valence electrons. The first-order chi connectivity index (χ1) is 30.6. The number of unbranched alkanes of at least 4 members (excludes halogenated alkanes) is 3. The lowest BCUT2D eigenvalue weighted by atomic mass is 10.2. The summed E-state index contributed by atoms with van der Waals surface area (Å²) < 4.78 is 34.5. The maximum absolute atomic E-state index is 12.7. The molecule has 0 saturated heterocycles. The van der Waals surface area contributed by atoms with Gasteiger partial charge in [0.15, 0.2) is 0 Å².